The molecule has 1 saturated carbocycles. The smallest absolute Gasteiger partial charge is 0.376 e. The Balaban J connectivity index is 1.18. The SMILES string of the molecule is Cn1nnc(N(Cc2cc(C(F)(F)F)cc(C(F)(F)F)c2)Cc2cc3cc(F)c(F)cc3nc2N2CCCC2C2CCC(COCc3ccccc3)CC2)n1. The van der Waals surface area contributed by atoms with Crippen molar-refractivity contribution in [2.24, 2.45) is 18.9 Å². The Kier molecular flexibility index (Phi) is 11.0. The van der Waals surface area contributed by atoms with E-state index in [1.54, 1.807) is 6.07 Å². The van der Waals surface area contributed by atoms with Crippen molar-refractivity contribution in [1.29, 1.82) is 0 Å². The van der Waals surface area contributed by atoms with Gasteiger partial charge in [-0.15, -0.1) is 5.10 Å². The highest BCUT2D eigenvalue weighted by Crippen LogP contribution is 2.41. The van der Waals surface area contributed by atoms with Crippen molar-refractivity contribution in [3.8, 4) is 0 Å². The molecule has 292 valence electrons. The van der Waals surface area contributed by atoms with Crippen LogP contribution in [-0.4, -0.2) is 44.4 Å². The zero-order valence-corrected chi connectivity index (χ0v) is 29.9. The molecule has 3 heterocycles. The number of aromatic nitrogens is 5. The highest BCUT2D eigenvalue weighted by molar-refractivity contribution is 5.82. The first-order valence-electron chi connectivity index (χ1n) is 18.2. The largest absolute Gasteiger partial charge is 0.416 e. The van der Waals surface area contributed by atoms with E-state index in [0.717, 1.165) is 61.0 Å². The number of benzene rings is 3. The Morgan fingerprint density at radius 1 is 0.800 bits per heavy atom. The maximum Gasteiger partial charge on any atom is 0.416 e. The summed E-state index contributed by atoms with van der Waals surface area (Å²) in [4.78, 5) is 9.54. The number of anilines is 2. The molecule has 0 bridgehead atoms. The normalized spacial score (nSPS) is 19.4. The van der Waals surface area contributed by atoms with Gasteiger partial charge >= 0.3 is 12.4 Å². The Bertz CT molecular complexity index is 2070. The predicted molar refractivity (Wildman–Crippen MR) is 189 cm³/mol. The molecule has 7 rings (SSSR count). The van der Waals surface area contributed by atoms with Gasteiger partial charge in [-0.2, -0.15) is 31.1 Å². The number of hydrogen-bond acceptors (Lipinski definition) is 7. The van der Waals surface area contributed by atoms with Crippen molar-refractivity contribution in [1.82, 2.24) is 25.2 Å². The molecule has 2 fully saturated rings. The first kappa shape index (κ1) is 38.4. The summed E-state index contributed by atoms with van der Waals surface area (Å²) in [7, 11) is 1.47. The van der Waals surface area contributed by atoms with E-state index < -0.39 is 41.7 Å². The number of rotatable bonds is 11. The van der Waals surface area contributed by atoms with E-state index in [9.17, 15) is 35.1 Å². The quantitative estimate of drug-likeness (QED) is 0.124. The van der Waals surface area contributed by atoms with Gasteiger partial charge in [-0.25, -0.2) is 13.8 Å². The average molecular weight is 774 g/mol. The molecule has 0 amide bonds. The molecule has 2 aliphatic rings. The fourth-order valence-corrected chi connectivity index (χ4v) is 7.90. The zero-order chi connectivity index (χ0) is 38.9. The fourth-order valence-electron chi connectivity index (χ4n) is 7.90. The monoisotopic (exact) mass is 773 g/mol. The van der Waals surface area contributed by atoms with Gasteiger partial charge in [0.05, 0.1) is 30.3 Å². The molecule has 1 aliphatic heterocycles. The lowest BCUT2D eigenvalue weighted by atomic mass is 9.78. The molecule has 1 unspecified atom stereocenters. The molecule has 3 aromatic carbocycles. The molecule has 0 spiro atoms. The first-order valence-corrected chi connectivity index (χ1v) is 18.2. The van der Waals surface area contributed by atoms with Crippen molar-refractivity contribution < 1.29 is 39.9 Å². The van der Waals surface area contributed by atoms with Crippen molar-refractivity contribution in [2.45, 2.75) is 76.6 Å². The van der Waals surface area contributed by atoms with Crippen molar-refractivity contribution in [3.63, 3.8) is 0 Å². The molecule has 55 heavy (non-hydrogen) atoms. The summed E-state index contributed by atoms with van der Waals surface area (Å²) in [5, 5.41) is 12.4. The standard InChI is InChI=1S/C39H39F8N7O/c1-52-50-37(49-51-52)53(20-26-14-30(38(42,43)44)18-31(15-26)39(45,46)47)21-29-16-28-17-32(40)33(41)19-34(28)48-36(29)54-13-5-8-35(54)27-11-9-25(10-12-27)23-55-22-24-6-3-2-4-7-24/h2-4,6-7,14-19,25,27,35H,5,8-13,20-23H2,1H3. The minimum absolute atomic E-state index is 0.0596. The molecule has 8 nitrogen and oxygen atoms in total. The minimum Gasteiger partial charge on any atom is -0.376 e. The summed E-state index contributed by atoms with van der Waals surface area (Å²) >= 11 is 0. The van der Waals surface area contributed by atoms with Gasteiger partial charge in [0.1, 0.15) is 5.82 Å². The van der Waals surface area contributed by atoms with Crippen LogP contribution in [0.15, 0.2) is 66.7 Å². The third-order valence-electron chi connectivity index (χ3n) is 10.5. The number of pyridine rings is 1. The maximum absolute atomic E-state index is 14.5. The van der Waals surface area contributed by atoms with Crippen LogP contribution in [0.4, 0.5) is 46.9 Å². The third-order valence-corrected chi connectivity index (χ3v) is 10.5. The van der Waals surface area contributed by atoms with Crippen LogP contribution in [0.3, 0.4) is 0 Å². The number of alkyl halides is 6. The first-order chi connectivity index (χ1) is 26.2. The lowest BCUT2D eigenvalue weighted by molar-refractivity contribution is -0.143. The summed E-state index contributed by atoms with van der Waals surface area (Å²) in [6, 6.07) is 15.1. The topological polar surface area (TPSA) is 72.2 Å². The summed E-state index contributed by atoms with van der Waals surface area (Å²) < 4.78 is 118. The van der Waals surface area contributed by atoms with E-state index in [-0.39, 0.29) is 41.1 Å². The van der Waals surface area contributed by atoms with E-state index in [4.69, 9.17) is 9.72 Å². The van der Waals surface area contributed by atoms with Crippen LogP contribution in [-0.2, 0) is 43.8 Å². The molecule has 2 aromatic heterocycles. The second-order valence-electron chi connectivity index (χ2n) is 14.5. The lowest BCUT2D eigenvalue weighted by Crippen LogP contribution is -2.39. The Morgan fingerprint density at radius 2 is 1.49 bits per heavy atom. The molecule has 0 N–H and O–H groups in total. The number of fused-ring (bicyclic) bond motifs is 1. The molecule has 1 atom stereocenters. The van der Waals surface area contributed by atoms with Gasteiger partial charge in [-0.3, -0.25) is 0 Å². The number of ether oxygens (including phenoxy) is 1. The average Bonchev–Trinajstić information content (AvgIpc) is 3.81. The van der Waals surface area contributed by atoms with Crippen LogP contribution in [0.2, 0.25) is 0 Å². The van der Waals surface area contributed by atoms with Gasteiger partial charge in [-0.1, -0.05) is 35.4 Å². The van der Waals surface area contributed by atoms with Crippen LogP contribution in [0.5, 0.6) is 0 Å². The van der Waals surface area contributed by atoms with Crippen LogP contribution in [0.25, 0.3) is 10.9 Å². The maximum atomic E-state index is 14.5. The molecule has 1 aliphatic carbocycles. The number of aryl methyl sites for hydroxylation is 1. The van der Waals surface area contributed by atoms with Gasteiger partial charge in [0.15, 0.2) is 11.6 Å². The number of hydrogen-bond donors (Lipinski definition) is 0. The Morgan fingerprint density at radius 3 is 2.15 bits per heavy atom. The number of nitrogens with zero attached hydrogens (tertiary/aromatic N) is 7. The summed E-state index contributed by atoms with van der Waals surface area (Å²) in [5.74, 6) is -1.01. The van der Waals surface area contributed by atoms with Gasteiger partial charge in [-0.05, 0) is 97.0 Å². The second kappa shape index (κ2) is 15.7. The Hall–Kier alpha value is -4.86. The highest BCUT2D eigenvalue weighted by atomic mass is 19.4. The van der Waals surface area contributed by atoms with E-state index >= 15 is 0 Å². The molecule has 0 radical (unpaired) electrons. The molecular formula is C39H39F8N7O. The summed E-state index contributed by atoms with van der Waals surface area (Å²) in [6.45, 7) is 1.22. The summed E-state index contributed by atoms with van der Waals surface area (Å²) in [6.07, 6.45) is -4.49. The molecule has 5 aromatic rings. The van der Waals surface area contributed by atoms with Crippen molar-refractivity contribution >= 4 is 22.7 Å². The number of tetrazole rings is 1. The van der Waals surface area contributed by atoms with Gasteiger partial charge < -0.3 is 14.5 Å². The summed E-state index contributed by atoms with van der Waals surface area (Å²) in [5.41, 5.74) is -1.38. The van der Waals surface area contributed by atoms with Crippen LogP contribution in [0, 0.1) is 23.5 Å². The van der Waals surface area contributed by atoms with E-state index in [0.29, 0.717) is 55.1 Å². The third kappa shape index (κ3) is 9.00. The second-order valence-corrected chi connectivity index (χ2v) is 14.5. The number of halogens is 8. The van der Waals surface area contributed by atoms with Gasteiger partial charge in [0.2, 0.25) is 0 Å². The zero-order valence-electron chi connectivity index (χ0n) is 29.9. The van der Waals surface area contributed by atoms with Crippen LogP contribution in [0.1, 0.15) is 66.3 Å². The van der Waals surface area contributed by atoms with E-state index in [1.807, 2.05) is 30.3 Å². The molecule has 16 heteroatoms. The Labute approximate surface area is 312 Å². The molecule has 1 saturated heterocycles. The van der Waals surface area contributed by atoms with E-state index in [1.165, 1.54) is 11.9 Å². The van der Waals surface area contributed by atoms with Crippen LogP contribution >= 0.6 is 0 Å². The van der Waals surface area contributed by atoms with Crippen molar-refractivity contribution in [2.75, 3.05) is 23.0 Å². The molecular weight excluding hydrogens is 734 g/mol. The lowest BCUT2D eigenvalue weighted by Gasteiger charge is -2.38. The fraction of sp³-hybridized carbons (Fsp3) is 0.436. The van der Waals surface area contributed by atoms with Gasteiger partial charge in [0.25, 0.3) is 5.95 Å². The highest BCUT2D eigenvalue weighted by Gasteiger charge is 2.38. The van der Waals surface area contributed by atoms with Crippen LogP contribution < -0.4 is 9.80 Å². The van der Waals surface area contributed by atoms with E-state index in [2.05, 4.69) is 20.3 Å². The predicted octanol–water partition coefficient (Wildman–Crippen LogP) is 9.27. The van der Waals surface area contributed by atoms with Gasteiger partial charge in [0, 0.05) is 49.3 Å². The van der Waals surface area contributed by atoms with Crippen molar-refractivity contribution in [3.05, 3.63) is 106 Å². The minimum atomic E-state index is -5.04.